The summed E-state index contributed by atoms with van der Waals surface area (Å²) in [6.07, 6.45) is 1.93. The molecule has 4 aromatic rings. The summed E-state index contributed by atoms with van der Waals surface area (Å²) in [6, 6.07) is 18.9. The fourth-order valence-electron chi connectivity index (χ4n) is 2.87. The van der Waals surface area contributed by atoms with Crippen molar-refractivity contribution < 1.29 is 0 Å². The van der Waals surface area contributed by atoms with Crippen LogP contribution in [0, 0.1) is 0 Å². The second-order valence-electron chi connectivity index (χ2n) is 4.97. The zero-order chi connectivity index (χ0) is 13.5. The fourth-order valence-corrected chi connectivity index (χ4v) is 2.87. The maximum atomic E-state index is 4.85. The summed E-state index contributed by atoms with van der Waals surface area (Å²) in [6.45, 7) is 4.67. The number of aromatic nitrogens is 2. The molecule has 0 bridgehead atoms. The molecule has 2 aromatic carbocycles. The number of hydrogen-bond donors (Lipinski definition) is 0. The van der Waals surface area contributed by atoms with Gasteiger partial charge in [0.05, 0.1) is 22.1 Å². The SMILES string of the molecule is C=CCn1c2ccccc2c2nc3ccccc3cc21. The number of nitrogens with zero attached hydrogens (tertiary/aromatic N) is 2. The normalized spacial score (nSPS) is 11.4. The zero-order valence-corrected chi connectivity index (χ0v) is 11.1. The summed E-state index contributed by atoms with van der Waals surface area (Å²) in [5.41, 5.74) is 4.50. The maximum absolute atomic E-state index is 4.85. The van der Waals surface area contributed by atoms with E-state index in [0.717, 1.165) is 17.6 Å². The van der Waals surface area contributed by atoms with E-state index in [1.807, 2.05) is 12.1 Å². The van der Waals surface area contributed by atoms with Crippen molar-refractivity contribution >= 4 is 32.8 Å². The van der Waals surface area contributed by atoms with Crippen LogP contribution in [0.25, 0.3) is 32.8 Å². The van der Waals surface area contributed by atoms with Crippen LogP contribution in [0.1, 0.15) is 0 Å². The van der Waals surface area contributed by atoms with Crippen molar-refractivity contribution in [2.45, 2.75) is 6.54 Å². The van der Waals surface area contributed by atoms with Gasteiger partial charge in [0.25, 0.3) is 0 Å². The Balaban J connectivity index is 2.25. The van der Waals surface area contributed by atoms with Crippen LogP contribution in [0.2, 0.25) is 0 Å². The first-order chi connectivity index (χ1) is 9.88. The van der Waals surface area contributed by atoms with E-state index in [1.165, 1.54) is 21.8 Å². The maximum Gasteiger partial charge on any atom is 0.0967 e. The van der Waals surface area contributed by atoms with Gasteiger partial charge in [-0.3, -0.25) is 0 Å². The van der Waals surface area contributed by atoms with Crippen molar-refractivity contribution in [3.8, 4) is 0 Å². The zero-order valence-electron chi connectivity index (χ0n) is 11.1. The molecule has 0 unspecified atom stereocenters. The van der Waals surface area contributed by atoms with Gasteiger partial charge < -0.3 is 4.57 Å². The predicted octanol–water partition coefficient (Wildman–Crippen LogP) is 4.53. The van der Waals surface area contributed by atoms with Crippen LogP contribution >= 0.6 is 0 Å². The highest BCUT2D eigenvalue weighted by molar-refractivity contribution is 6.08. The molecule has 2 heteroatoms. The highest BCUT2D eigenvalue weighted by Gasteiger charge is 2.11. The molecule has 20 heavy (non-hydrogen) atoms. The Morgan fingerprint density at radius 2 is 1.80 bits per heavy atom. The lowest BCUT2D eigenvalue weighted by atomic mass is 10.2. The lowest BCUT2D eigenvalue weighted by molar-refractivity contribution is 0.901. The standard InChI is InChI=1S/C18H14N2/c1-2-11-20-16-10-6-4-8-14(16)18-17(20)12-13-7-3-5-9-15(13)19-18/h2-10,12H,1,11H2. The molecule has 0 saturated carbocycles. The summed E-state index contributed by atoms with van der Waals surface area (Å²) in [5.74, 6) is 0. The van der Waals surface area contributed by atoms with Crippen molar-refractivity contribution in [3.63, 3.8) is 0 Å². The summed E-state index contributed by atoms with van der Waals surface area (Å²) < 4.78 is 2.27. The van der Waals surface area contributed by atoms with E-state index in [2.05, 4.69) is 59.7 Å². The number of para-hydroxylation sites is 2. The van der Waals surface area contributed by atoms with Crippen molar-refractivity contribution in [1.82, 2.24) is 9.55 Å². The highest BCUT2D eigenvalue weighted by atomic mass is 15.0. The van der Waals surface area contributed by atoms with E-state index in [4.69, 9.17) is 4.98 Å². The summed E-state index contributed by atoms with van der Waals surface area (Å²) in [5, 5.41) is 2.38. The van der Waals surface area contributed by atoms with Gasteiger partial charge >= 0.3 is 0 Å². The molecular weight excluding hydrogens is 244 g/mol. The molecule has 0 aliphatic carbocycles. The van der Waals surface area contributed by atoms with Gasteiger partial charge in [-0.05, 0) is 18.2 Å². The Bertz CT molecular complexity index is 948. The van der Waals surface area contributed by atoms with E-state index in [-0.39, 0.29) is 0 Å². The Morgan fingerprint density at radius 3 is 2.70 bits per heavy atom. The molecule has 0 aliphatic heterocycles. The van der Waals surface area contributed by atoms with Crippen LogP contribution in [0.3, 0.4) is 0 Å². The molecule has 0 radical (unpaired) electrons. The molecule has 96 valence electrons. The third kappa shape index (κ3) is 1.48. The molecule has 0 aliphatic rings. The first kappa shape index (κ1) is 11.2. The molecule has 0 saturated heterocycles. The van der Waals surface area contributed by atoms with E-state index in [1.54, 1.807) is 0 Å². The minimum absolute atomic E-state index is 0.796. The largest absolute Gasteiger partial charge is 0.335 e. The van der Waals surface area contributed by atoms with Crippen LogP contribution in [-0.2, 0) is 6.54 Å². The Hall–Kier alpha value is -2.61. The van der Waals surface area contributed by atoms with Crippen molar-refractivity contribution in [1.29, 1.82) is 0 Å². The van der Waals surface area contributed by atoms with Gasteiger partial charge in [-0.2, -0.15) is 0 Å². The van der Waals surface area contributed by atoms with Crippen LogP contribution < -0.4 is 0 Å². The second kappa shape index (κ2) is 4.20. The number of pyridine rings is 1. The molecule has 4 rings (SSSR count). The minimum atomic E-state index is 0.796. The Morgan fingerprint density at radius 1 is 1.00 bits per heavy atom. The monoisotopic (exact) mass is 258 g/mol. The molecular formula is C18H14N2. The topological polar surface area (TPSA) is 17.8 Å². The summed E-state index contributed by atoms with van der Waals surface area (Å²) in [7, 11) is 0. The first-order valence-electron chi connectivity index (χ1n) is 6.76. The molecule has 0 spiro atoms. The van der Waals surface area contributed by atoms with E-state index in [0.29, 0.717) is 0 Å². The Kier molecular flexibility index (Phi) is 2.36. The van der Waals surface area contributed by atoms with Gasteiger partial charge in [0.1, 0.15) is 0 Å². The van der Waals surface area contributed by atoms with Crippen LogP contribution in [0.15, 0.2) is 67.3 Å². The van der Waals surface area contributed by atoms with Gasteiger partial charge in [0.2, 0.25) is 0 Å². The number of hydrogen-bond acceptors (Lipinski definition) is 1. The third-order valence-corrected chi connectivity index (χ3v) is 3.76. The number of fused-ring (bicyclic) bond motifs is 4. The number of allylic oxidation sites excluding steroid dienone is 1. The van der Waals surface area contributed by atoms with Gasteiger partial charge in [0.15, 0.2) is 0 Å². The smallest absolute Gasteiger partial charge is 0.0967 e. The molecule has 0 atom stereocenters. The average molecular weight is 258 g/mol. The molecule has 2 heterocycles. The third-order valence-electron chi connectivity index (χ3n) is 3.76. The molecule has 0 N–H and O–H groups in total. The Labute approximate surface area is 117 Å². The van der Waals surface area contributed by atoms with Crippen molar-refractivity contribution in [2.24, 2.45) is 0 Å². The van der Waals surface area contributed by atoms with Gasteiger partial charge in [0, 0.05) is 17.3 Å². The van der Waals surface area contributed by atoms with E-state index in [9.17, 15) is 0 Å². The van der Waals surface area contributed by atoms with E-state index < -0.39 is 0 Å². The quantitative estimate of drug-likeness (QED) is 0.483. The predicted molar refractivity (Wildman–Crippen MR) is 84.9 cm³/mol. The first-order valence-corrected chi connectivity index (χ1v) is 6.76. The molecule has 0 fully saturated rings. The van der Waals surface area contributed by atoms with Gasteiger partial charge in [-0.15, -0.1) is 6.58 Å². The summed E-state index contributed by atoms with van der Waals surface area (Å²) in [4.78, 5) is 4.85. The summed E-state index contributed by atoms with van der Waals surface area (Å²) >= 11 is 0. The van der Waals surface area contributed by atoms with Gasteiger partial charge in [-0.1, -0.05) is 42.5 Å². The van der Waals surface area contributed by atoms with Crippen molar-refractivity contribution in [3.05, 3.63) is 67.3 Å². The van der Waals surface area contributed by atoms with Crippen LogP contribution in [0.4, 0.5) is 0 Å². The van der Waals surface area contributed by atoms with E-state index >= 15 is 0 Å². The van der Waals surface area contributed by atoms with Gasteiger partial charge in [-0.25, -0.2) is 4.98 Å². The number of rotatable bonds is 2. The molecule has 2 nitrogen and oxygen atoms in total. The molecule has 0 amide bonds. The fraction of sp³-hybridized carbons (Fsp3) is 0.0556. The van der Waals surface area contributed by atoms with Crippen LogP contribution in [0.5, 0.6) is 0 Å². The lowest BCUT2D eigenvalue weighted by Crippen LogP contribution is -1.94. The lowest BCUT2D eigenvalue weighted by Gasteiger charge is -2.03. The minimum Gasteiger partial charge on any atom is -0.335 e. The highest BCUT2D eigenvalue weighted by Crippen LogP contribution is 2.29. The molecule has 2 aromatic heterocycles. The number of benzene rings is 2. The van der Waals surface area contributed by atoms with Crippen LogP contribution in [-0.4, -0.2) is 9.55 Å². The van der Waals surface area contributed by atoms with Crippen molar-refractivity contribution in [2.75, 3.05) is 0 Å². The second-order valence-corrected chi connectivity index (χ2v) is 4.97. The average Bonchev–Trinajstić information content (AvgIpc) is 2.80.